The van der Waals surface area contributed by atoms with E-state index in [4.69, 9.17) is 9.47 Å². The normalized spacial score (nSPS) is 16.8. The summed E-state index contributed by atoms with van der Waals surface area (Å²) in [4.78, 5) is 4.58. The van der Waals surface area contributed by atoms with Crippen LogP contribution < -0.4 is 14.8 Å². The Morgan fingerprint density at radius 1 is 1.17 bits per heavy atom. The molecular weight excluding hydrogens is 322 g/mol. The molecule has 0 radical (unpaired) electrons. The molecule has 0 aliphatic carbocycles. The van der Waals surface area contributed by atoms with Crippen molar-refractivity contribution in [2.45, 2.75) is 24.9 Å². The second-order valence-electron chi connectivity index (χ2n) is 6.03. The van der Waals surface area contributed by atoms with E-state index in [0.717, 1.165) is 22.9 Å². The molecule has 5 nitrogen and oxygen atoms in total. The van der Waals surface area contributed by atoms with Gasteiger partial charge in [-0.3, -0.25) is 0 Å². The minimum Gasteiger partial charge on any atom is -0.497 e. The largest absolute Gasteiger partial charge is 0.497 e. The summed E-state index contributed by atoms with van der Waals surface area (Å²) in [7, 11) is 5.39. The Morgan fingerprint density at radius 3 is 2.38 bits per heavy atom. The number of aryl methyl sites for hydroxylation is 1. The summed E-state index contributed by atoms with van der Waals surface area (Å²) in [5, 5.41) is 3.81. The smallest absolute Gasteiger partial charge is 0.130 e. The van der Waals surface area contributed by atoms with Gasteiger partial charge in [0.05, 0.1) is 20.3 Å². The number of benzene rings is 1. The number of aromatic nitrogens is 2. The van der Waals surface area contributed by atoms with Crippen LogP contribution in [-0.4, -0.2) is 41.3 Å². The van der Waals surface area contributed by atoms with E-state index >= 15 is 0 Å². The van der Waals surface area contributed by atoms with Gasteiger partial charge in [-0.25, -0.2) is 4.98 Å². The number of hydrogen-bond donors (Lipinski definition) is 1. The zero-order valence-electron chi connectivity index (χ0n) is 14.5. The summed E-state index contributed by atoms with van der Waals surface area (Å²) in [5.41, 5.74) is 1.11. The van der Waals surface area contributed by atoms with Crippen molar-refractivity contribution in [1.82, 2.24) is 14.9 Å². The Hall–Kier alpha value is -1.66. The molecule has 1 atom stereocenters. The number of thioether (sulfide) groups is 1. The van der Waals surface area contributed by atoms with Crippen molar-refractivity contribution in [1.29, 1.82) is 0 Å². The van der Waals surface area contributed by atoms with E-state index in [-0.39, 0.29) is 6.04 Å². The zero-order valence-corrected chi connectivity index (χ0v) is 15.3. The Balaban J connectivity index is 1.96. The van der Waals surface area contributed by atoms with Gasteiger partial charge in [0.25, 0.3) is 0 Å². The molecule has 1 aliphatic rings. The first-order valence-corrected chi connectivity index (χ1v) is 9.40. The van der Waals surface area contributed by atoms with Gasteiger partial charge in [-0.2, -0.15) is 11.8 Å². The lowest BCUT2D eigenvalue weighted by Crippen LogP contribution is -2.37. The Bertz CT molecular complexity index is 646. The number of ether oxygens (including phenoxy) is 2. The van der Waals surface area contributed by atoms with E-state index in [1.807, 2.05) is 37.3 Å². The van der Waals surface area contributed by atoms with Crippen LogP contribution in [0.2, 0.25) is 0 Å². The standard InChI is InChI=1S/C18H25N3O2S/c1-21-7-6-19-18(21)17(20-14-4-8-24-9-5-14)13-10-15(22-2)12-16(11-13)23-3/h6-7,10-12,14,17,20H,4-5,8-9H2,1-3H3/t17-/m1/s1. The Morgan fingerprint density at radius 2 is 1.83 bits per heavy atom. The van der Waals surface area contributed by atoms with Crippen molar-refractivity contribution in [2.24, 2.45) is 7.05 Å². The fourth-order valence-electron chi connectivity index (χ4n) is 3.07. The molecule has 2 heterocycles. The highest BCUT2D eigenvalue weighted by atomic mass is 32.2. The molecule has 1 aromatic heterocycles. The van der Waals surface area contributed by atoms with E-state index in [9.17, 15) is 0 Å². The molecule has 0 amide bonds. The van der Waals surface area contributed by atoms with Crippen LogP contribution in [0, 0.1) is 0 Å². The fraction of sp³-hybridized carbons (Fsp3) is 0.500. The molecule has 1 aliphatic heterocycles. The van der Waals surface area contributed by atoms with Crippen molar-refractivity contribution >= 4 is 11.8 Å². The summed E-state index contributed by atoms with van der Waals surface area (Å²) in [6.45, 7) is 0. The molecular formula is C18H25N3O2S. The van der Waals surface area contributed by atoms with E-state index in [2.05, 4.69) is 27.0 Å². The molecule has 1 N–H and O–H groups in total. The molecule has 0 spiro atoms. The lowest BCUT2D eigenvalue weighted by atomic mass is 10.0. The van der Waals surface area contributed by atoms with Gasteiger partial charge in [-0.05, 0) is 42.0 Å². The first kappa shape index (κ1) is 17.2. The van der Waals surface area contributed by atoms with Crippen LogP contribution >= 0.6 is 11.8 Å². The third kappa shape index (κ3) is 3.87. The maximum Gasteiger partial charge on any atom is 0.130 e. The zero-order chi connectivity index (χ0) is 16.9. The van der Waals surface area contributed by atoms with Crippen LogP contribution in [-0.2, 0) is 7.05 Å². The van der Waals surface area contributed by atoms with Crippen LogP contribution in [0.5, 0.6) is 11.5 Å². The summed E-state index contributed by atoms with van der Waals surface area (Å²) in [5.74, 6) is 5.02. The van der Waals surface area contributed by atoms with Crippen molar-refractivity contribution in [3.8, 4) is 11.5 Å². The second-order valence-corrected chi connectivity index (χ2v) is 7.25. The summed E-state index contributed by atoms with van der Waals surface area (Å²) in [6, 6.07) is 6.54. The van der Waals surface area contributed by atoms with Gasteiger partial charge in [-0.1, -0.05) is 0 Å². The fourth-order valence-corrected chi connectivity index (χ4v) is 4.18. The predicted octanol–water partition coefficient (Wildman–Crippen LogP) is 3.01. The van der Waals surface area contributed by atoms with Crippen molar-refractivity contribution in [3.05, 3.63) is 42.0 Å². The van der Waals surface area contributed by atoms with Crippen molar-refractivity contribution in [2.75, 3.05) is 25.7 Å². The van der Waals surface area contributed by atoms with Crippen LogP contribution in [0.3, 0.4) is 0 Å². The highest BCUT2D eigenvalue weighted by molar-refractivity contribution is 7.99. The Kier molecular flexibility index (Phi) is 5.68. The number of rotatable bonds is 6. The van der Waals surface area contributed by atoms with Gasteiger partial charge in [0, 0.05) is 31.5 Å². The molecule has 24 heavy (non-hydrogen) atoms. The molecule has 0 bridgehead atoms. The van der Waals surface area contributed by atoms with E-state index in [1.165, 1.54) is 24.3 Å². The van der Waals surface area contributed by atoms with Crippen LogP contribution in [0.15, 0.2) is 30.6 Å². The predicted molar refractivity (Wildman–Crippen MR) is 98.1 cm³/mol. The quantitative estimate of drug-likeness (QED) is 0.870. The van der Waals surface area contributed by atoms with Crippen LogP contribution in [0.1, 0.15) is 30.3 Å². The average molecular weight is 347 g/mol. The molecule has 0 saturated carbocycles. The molecule has 6 heteroatoms. The summed E-state index contributed by atoms with van der Waals surface area (Å²) >= 11 is 2.03. The van der Waals surface area contributed by atoms with Gasteiger partial charge >= 0.3 is 0 Å². The topological polar surface area (TPSA) is 48.3 Å². The number of methoxy groups -OCH3 is 2. The molecule has 3 rings (SSSR count). The third-order valence-corrected chi connectivity index (χ3v) is 5.50. The average Bonchev–Trinajstić information content (AvgIpc) is 3.05. The van der Waals surface area contributed by atoms with E-state index in [1.54, 1.807) is 14.2 Å². The second kappa shape index (κ2) is 7.94. The molecule has 1 saturated heterocycles. The number of nitrogens with one attached hydrogen (secondary N) is 1. The third-order valence-electron chi connectivity index (χ3n) is 4.45. The minimum absolute atomic E-state index is 0.0158. The Labute approximate surface area is 147 Å². The molecule has 2 aromatic rings. The SMILES string of the molecule is COc1cc(OC)cc([C@@H](NC2CCSCC2)c2nccn2C)c1. The highest BCUT2D eigenvalue weighted by Crippen LogP contribution is 2.31. The van der Waals surface area contributed by atoms with Gasteiger partial charge in [0.1, 0.15) is 17.3 Å². The number of hydrogen-bond acceptors (Lipinski definition) is 5. The van der Waals surface area contributed by atoms with Gasteiger partial charge in [-0.15, -0.1) is 0 Å². The van der Waals surface area contributed by atoms with Gasteiger partial charge in [0.15, 0.2) is 0 Å². The van der Waals surface area contributed by atoms with E-state index < -0.39 is 0 Å². The van der Waals surface area contributed by atoms with Crippen molar-refractivity contribution in [3.63, 3.8) is 0 Å². The highest BCUT2D eigenvalue weighted by Gasteiger charge is 2.24. The summed E-state index contributed by atoms with van der Waals surface area (Å²) < 4.78 is 13.0. The monoisotopic (exact) mass is 347 g/mol. The van der Waals surface area contributed by atoms with Crippen molar-refractivity contribution < 1.29 is 9.47 Å². The minimum atomic E-state index is 0.0158. The summed E-state index contributed by atoms with van der Waals surface area (Å²) in [6.07, 6.45) is 6.20. The maximum absolute atomic E-state index is 5.45. The molecule has 1 fully saturated rings. The van der Waals surface area contributed by atoms with Crippen LogP contribution in [0.4, 0.5) is 0 Å². The van der Waals surface area contributed by atoms with Crippen LogP contribution in [0.25, 0.3) is 0 Å². The maximum atomic E-state index is 5.45. The first-order valence-electron chi connectivity index (χ1n) is 8.25. The first-order chi connectivity index (χ1) is 11.7. The lowest BCUT2D eigenvalue weighted by Gasteiger charge is -2.28. The molecule has 0 unspecified atom stereocenters. The number of imidazole rings is 1. The molecule has 1 aromatic carbocycles. The number of nitrogens with zero attached hydrogens (tertiary/aromatic N) is 2. The van der Waals surface area contributed by atoms with Gasteiger partial charge in [0.2, 0.25) is 0 Å². The van der Waals surface area contributed by atoms with E-state index in [0.29, 0.717) is 6.04 Å². The van der Waals surface area contributed by atoms with Gasteiger partial charge < -0.3 is 19.4 Å². The molecule has 130 valence electrons. The lowest BCUT2D eigenvalue weighted by molar-refractivity contribution is 0.388.